The molecule has 0 atom stereocenters. The van der Waals surface area contributed by atoms with Crippen LogP contribution in [0, 0.1) is 0 Å². The standard InChI is InChI=1S/C18H26N8O2/c1-25(15-5-3-13(19)11-23-15)9-7-21-17(27)18(28)22-8-10-26(2)16-6-4-14(20)12-24-16/h3-6,11-12H,7-10,19-20H2,1-2H3,(H,21,27)(H,22,28). The zero-order valence-corrected chi connectivity index (χ0v) is 16.1. The lowest BCUT2D eigenvalue weighted by Gasteiger charge is -2.19. The Morgan fingerprint density at radius 3 is 1.54 bits per heavy atom. The number of amides is 2. The SMILES string of the molecule is CN(CCNC(=O)C(=O)NCCN(C)c1ccc(N)cn1)c1ccc(N)cn1. The Bertz CT molecular complexity index is 712. The van der Waals surface area contributed by atoms with Crippen LogP contribution in [0.3, 0.4) is 0 Å². The molecule has 6 N–H and O–H groups in total. The van der Waals surface area contributed by atoms with Gasteiger partial charge in [0.25, 0.3) is 0 Å². The molecule has 0 aliphatic rings. The summed E-state index contributed by atoms with van der Waals surface area (Å²) < 4.78 is 0. The van der Waals surface area contributed by atoms with Gasteiger partial charge in [-0.05, 0) is 24.3 Å². The van der Waals surface area contributed by atoms with Gasteiger partial charge >= 0.3 is 11.8 Å². The quantitative estimate of drug-likeness (QED) is 0.443. The van der Waals surface area contributed by atoms with E-state index >= 15 is 0 Å². The molecule has 0 spiro atoms. The van der Waals surface area contributed by atoms with Crippen molar-refractivity contribution in [3.05, 3.63) is 36.7 Å². The summed E-state index contributed by atoms with van der Waals surface area (Å²) in [5.74, 6) is 0.110. The third kappa shape index (κ3) is 6.31. The molecule has 0 unspecified atom stereocenters. The number of nitrogens with zero attached hydrogens (tertiary/aromatic N) is 4. The Balaban J connectivity index is 1.66. The third-order valence-electron chi connectivity index (χ3n) is 4.00. The van der Waals surface area contributed by atoms with Crippen molar-refractivity contribution in [1.29, 1.82) is 0 Å². The van der Waals surface area contributed by atoms with Gasteiger partial charge in [0.15, 0.2) is 0 Å². The van der Waals surface area contributed by atoms with Crippen LogP contribution in [-0.2, 0) is 9.59 Å². The van der Waals surface area contributed by atoms with Crippen LogP contribution in [-0.4, -0.2) is 62.1 Å². The Hall–Kier alpha value is -3.56. The number of nitrogen functional groups attached to an aromatic ring is 2. The highest BCUT2D eigenvalue weighted by Gasteiger charge is 2.13. The van der Waals surface area contributed by atoms with Crippen LogP contribution in [0.2, 0.25) is 0 Å². The fraction of sp³-hybridized carbons (Fsp3) is 0.333. The molecule has 0 aliphatic carbocycles. The molecular formula is C18H26N8O2. The fourth-order valence-electron chi connectivity index (χ4n) is 2.31. The third-order valence-corrected chi connectivity index (χ3v) is 4.00. The van der Waals surface area contributed by atoms with E-state index in [0.29, 0.717) is 37.6 Å². The van der Waals surface area contributed by atoms with E-state index in [-0.39, 0.29) is 0 Å². The van der Waals surface area contributed by atoms with E-state index in [4.69, 9.17) is 11.5 Å². The molecule has 28 heavy (non-hydrogen) atoms. The highest BCUT2D eigenvalue weighted by Crippen LogP contribution is 2.10. The van der Waals surface area contributed by atoms with Crippen molar-refractivity contribution in [2.45, 2.75) is 0 Å². The second kappa shape index (κ2) is 9.95. The number of anilines is 4. The van der Waals surface area contributed by atoms with E-state index in [0.717, 1.165) is 11.6 Å². The van der Waals surface area contributed by atoms with Crippen molar-refractivity contribution < 1.29 is 9.59 Å². The van der Waals surface area contributed by atoms with Crippen LogP contribution in [0.25, 0.3) is 0 Å². The van der Waals surface area contributed by atoms with E-state index in [1.807, 2.05) is 23.9 Å². The number of nitrogens with one attached hydrogen (secondary N) is 2. The zero-order valence-electron chi connectivity index (χ0n) is 16.1. The molecule has 0 fully saturated rings. The van der Waals surface area contributed by atoms with Gasteiger partial charge in [-0.2, -0.15) is 0 Å². The van der Waals surface area contributed by atoms with Crippen LogP contribution in [0.1, 0.15) is 0 Å². The minimum Gasteiger partial charge on any atom is -0.397 e. The van der Waals surface area contributed by atoms with Crippen LogP contribution in [0.4, 0.5) is 23.0 Å². The second-order valence-corrected chi connectivity index (χ2v) is 6.25. The first kappa shape index (κ1) is 20.7. The van der Waals surface area contributed by atoms with Gasteiger partial charge in [-0.25, -0.2) is 9.97 Å². The number of pyridine rings is 2. The Morgan fingerprint density at radius 1 is 0.821 bits per heavy atom. The predicted molar refractivity (Wildman–Crippen MR) is 110 cm³/mol. The summed E-state index contributed by atoms with van der Waals surface area (Å²) in [4.78, 5) is 35.8. The number of rotatable bonds is 8. The summed E-state index contributed by atoms with van der Waals surface area (Å²) in [6.07, 6.45) is 3.13. The largest absolute Gasteiger partial charge is 0.397 e. The van der Waals surface area contributed by atoms with Crippen molar-refractivity contribution in [2.75, 3.05) is 61.5 Å². The molecule has 2 aromatic heterocycles. The Kier molecular flexibility index (Phi) is 7.37. The molecule has 0 bridgehead atoms. The number of nitrogens with two attached hydrogens (primary N) is 2. The van der Waals surface area contributed by atoms with Crippen molar-refractivity contribution in [1.82, 2.24) is 20.6 Å². The highest BCUT2D eigenvalue weighted by atomic mass is 16.2. The van der Waals surface area contributed by atoms with Crippen LogP contribution >= 0.6 is 0 Å². The van der Waals surface area contributed by atoms with Crippen molar-refractivity contribution in [3.8, 4) is 0 Å². The summed E-state index contributed by atoms with van der Waals surface area (Å²) >= 11 is 0. The number of likely N-dealkylation sites (N-methyl/N-ethyl adjacent to an activating group) is 2. The predicted octanol–water partition coefficient (Wildman–Crippen LogP) is -0.554. The summed E-state index contributed by atoms with van der Waals surface area (Å²) in [6, 6.07) is 7.08. The van der Waals surface area contributed by atoms with E-state index in [2.05, 4.69) is 20.6 Å². The summed E-state index contributed by atoms with van der Waals surface area (Å²) in [5, 5.41) is 5.17. The molecule has 0 radical (unpaired) electrons. The maximum absolute atomic E-state index is 11.9. The number of hydrogen-bond acceptors (Lipinski definition) is 8. The topological polar surface area (TPSA) is 142 Å². The number of aromatic nitrogens is 2. The molecule has 0 aliphatic heterocycles. The first-order valence-electron chi connectivity index (χ1n) is 8.78. The first-order chi connectivity index (χ1) is 13.4. The molecule has 2 amide bonds. The lowest BCUT2D eigenvalue weighted by Crippen LogP contribution is -2.44. The summed E-state index contributed by atoms with van der Waals surface area (Å²) in [5.41, 5.74) is 12.4. The van der Waals surface area contributed by atoms with E-state index in [1.165, 1.54) is 0 Å². The van der Waals surface area contributed by atoms with Crippen molar-refractivity contribution >= 4 is 34.8 Å². The van der Waals surface area contributed by atoms with Gasteiger partial charge in [-0.15, -0.1) is 0 Å². The number of carbonyl (C=O) groups excluding carboxylic acids is 2. The molecule has 10 nitrogen and oxygen atoms in total. The number of hydrogen-bond donors (Lipinski definition) is 4. The van der Waals surface area contributed by atoms with E-state index in [9.17, 15) is 9.59 Å². The monoisotopic (exact) mass is 386 g/mol. The van der Waals surface area contributed by atoms with Crippen LogP contribution in [0.15, 0.2) is 36.7 Å². The highest BCUT2D eigenvalue weighted by molar-refractivity contribution is 6.35. The second-order valence-electron chi connectivity index (χ2n) is 6.25. The molecule has 2 aromatic rings. The van der Waals surface area contributed by atoms with E-state index in [1.54, 1.807) is 36.7 Å². The summed E-state index contributed by atoms with van der Waals surface area (Å²) in [6.45, 7) is 1.62. The minimum atomic E-state index is -0.674. The number of carbonyl (C=O) groups is 2. The lowest BCUT2D eigenvalue weighted by molar-refractivity contribution is -0.139. The molecule has 10 heteroatoms. The maximum Gasteiger partial charge on any atom is 0.309 e. The molecule has 2 heterocycles. The molecule has 0 saturated carbocycles. The molecular weight excluding hydrogens is 360 g/mol. The van der Waals surface area contributed by atoms with Crippen LogP contribution in [0.5, 0.6) is 0 Å². The molecule has 2 rings (SSSR count). The van der Waals surface area contributed by atoms with Gasteiger partial charge in [0.05, 0.1) is 23.8 Å². The van der Waals surface area contributed by atoms with E-state index < -0.39 is 11.8 Å². The molecule has 150 valence electrons. The average Bonchev–Trinajstić information content (AvgIpc) is 2.68. The van der Waals surface area contributed by atoms with Crippen molar-refractivity contribution in [3.63, 3.8) is 0 Å². The van der Waals surface area contributed by atoms with Gasteiger partial charge in [-0.3, -0.25) is 9.59 Å². The first-order valence-corrected chi connectivity index (χ1v) is 8.78. The summed E-state index contributed by atoms with van der Waals surface area (Å²) in [7, 11) is 3.68. The van der Waals surface area contributed by atoms with Gasteiger partial charge in [0.1, 0.15) is 11.6 Å². The Morgan fingerprint density at radius 2 is 1.21 bits per heavy atom. The smallest absolute Gasteiger partial charge is 0.309 e. The lowest BCUT2D eigenvalue weighted by atomic mass is 10.4. The van der Waals surface area contributed by atoms with Crippen LogP contribution < -0.4 is 31.9 Å². The van der Waals surface area contributed by atoms with Gasteiger partial charge < -0.3 is 31.9 Å². The van der Waals surface area contributed by atoms with Crippen molar-refractivity contribution in [2.24, 2.45) is 0 Å². The zero-order chi connectivity index (χ0) is 20.5. The van der Waals surface area contributed by atoms with Gasteiger partial charge in [-0.1, -0.05) is 0 Å². The van der Waals surface area contributed by atoms with Gasteiger partial charge in [0.2, 0.25) is 0 Å². The molecule has 0 aromatic carbocycles. The minimum absolute atomic E-state index is 0.310. The van der Waals surface area contributed by atoms with Gasteiger partial charge in [0, 0.05) is 40.3 Å². The fourth-order valence-corrected chi connectivity index (χ4v) is 2.31. The Labute approximate surface area is 163 Å². The molecule has 0 saturated heterocycles. The normalized spacial score (nSPS) is 10.2. The average molecular weight is 386 g/mol. The maximum atomic E-state index is 11.9.